The van der Waals surface area contributed by atoms with E-state index in [0.29, 0.717) is 19.8 Å². The number of unbranched alkanes of at least 4 members (excludes halogenated alkanes) is 1. The van der Waals surface area contributed by atoms with Gasteiger partial charge in [0.1, 0.15) is 12.4 Å². The monoisotopic (exact) mass is 419 g/mol. The molecule has 7 heteroatoms. The molecule has 0 spiro atoms. The lowest BCUT2D eigenvalue weighted by atomic mass is 10.0. The number of amides is 1. The first kappa shape index (κ1) is 20.5. The van der Waals surface area contributed by atoms with E-state index in [-0.39, 0.29) is 11.6 Å². The minimum absolute atomic E-state index is 0.0233. The van der Waals surface area contributed by atoms with Crippen LogP contribution in [0.5, 0.6) is 11.5 Å². The van der Waals surface area contributed by atoms with Crippen LogP contribution in [-0.2, 0) is 6.42 Å². The average Bonchev–Trinajstić information content (AvgIpc) is 2.79. The molecule has 0 aliphatic carbocycles. The smallest absolute Gasteiger partial charge is 0.277 e. The van der Waals surface area contributed by atoms with Crippen molar-refractivity contribution in [2.24, 2.45) is 0 Å². The van der Waals surface area contributed by atoms with Crippen LogP contribution in [0.25, 0.3) is 0 Å². The number of carbonyl (C=O) groups is 1. The summed E-state index contributed by atoms with van der Waals surface area (Å²) in [6, 6.07) is 19.5. The first-order valence-corrected chi connectivity index (χ1v) is 10.4. The molecule has 1 aliphatic rings. The SMILES string of the molecule is O=C1c2c(O)c(=O)ccn2NCN1CCCCOc1ccccc1Cc1ccccc1. The number of aromatic nitrogens is 1. The third kappa shape index (κ3) is 4.71. The largest absolute Gasteiger partial charge is 0.502 e. The number of rotatable bonds is 8. The normalized spacial score (nSPS) is 12.9. The van der Waals surface area contributed by atoms with Crippen molar-refractivity contribution in [2.75, 3.05) is 25.2 Å². The van der Waals surface area contributed by atoms with E-state index in [4.69, 9.17) is 4.74 Å². The Labute approximate surface area is 180 Å². The Morgan fingerprint density at radius 2 is 1.74 bits per heavy atom. The number of nitrogens with one attached hydrogen (secondary N) is 1. The molecule has 31 heavy (non-hydrogen) atoms. The molecule has 2 N–H and O–H groups in total. The molecular formula is C24H25N3O4. The zero-order valence-corrected chi connectivity index (χ0v) is 17.2. The number of fused-ring (bicyclic) bond motifs is 1. The van der Waals surface area contributed by atoms with Gasteiger partial charge in [-0.15, -0.1) is 0 Å². The van der Waals surface area contributed by atoms with E-state index in [0.717, 1.165) is 30.6 Å². The molecule has 0 atom stereocenters. The summed E-state index contributed by atoms with van der Waals surface area (Å²) in [6.07, 6.45) is 3.78. The van der Waals surface area contributed by atoms with Crippen molar-refractivity contribution in [3.63, 3.8) is 0 Å². The molecule has 7 nitrogen and oxygen atoms in total. The molecule has 2 aromatic carbocycles. The summed E-state index contributed by atoms with van der Waals surface area (Å²) in [5.74, 6) is -0.00794. The zero-order chi connectivity index (χ0) is 21.6. The van der Waals surface area contributed by atoms with Gasteiger partial charge in [0.05, 0.1) is 6.61 Å². The minimum atomic E-state index is -0.564. The van der Waals surface area contributed by atoms with E-state index >= 15 is 0 Å². The molecule has 0 saturated carbocycles. The highest BCUT2D eigenvalue weighted by molar-refractivity contribution is 5.96. The van der Waals surface area contributed by atoms with Gasteiger partial charge in [0.15, 0.2) is 11.4 Å². The highest BCUT2D eigenvalue weighted by Gasteiger charge is 2.27. The Balaban J connectivity index is 1.28. The van der Waals surface area contributed by atoms with Crippen molar-refractivity contribution >= 4 is 5.91 Å². The van der Waals surface area contributed by atoms with Gasteiger partial charge in [-0.2, -0.15) is 0 Å². The van der Waals surface area contributed by atoms with Gasteiger partial charge >= 0.3 is 0 Å². The fourth-order valence-corrected chi connectivity index (χ4v) is 3.62. The molecular weight excluding hydrogens is 394 g/mol. The summed E-state index contributed by atoms with van der Waals surface area (Å²) in [6.45, 7) is 1.36. The van der Waals surface area contributed by atoms with Gasteiger partial charge in [-0.25, -0.2) is 0 Å². The third-order valence-electron chi connectivity index (χ3n) is 5.29. The predicted octanol–water partition coefficient (Wildman–Crippen LogP) is 2.96. The summed E-state index contributed by atoms with van der Waals surface area (Å²) in [5, 5.41) is 9.96. The average molecular weight is 419 g/mol. The Kier molecular flexibility index (Phi) is 6.21. The summed E-state index contributed by atoms with van der Waals surface area (Å²) in [7, 11) is 0. The number of hydrogen-bond donors (Lipinski definition) is 2. The number of aromatic hydroxyl groups is 1. The highest BCUT2D eigenvalue weighted by atomic mass is 16.5. The van der Waals surface area contributed by atoms with Gasteiger partial charge in [-0.3, -0.25) is 14.3 Å². The van der Waals surface area contributed by atoms with Crippen molar-refractivity contribution in [1.82, 2.24) is 9.58 Å². The van der Waals surface area contributed by atoms with Gasteiger partial charge < -0.3 is 20.2 Å². The number of nitrogens with zero attached hydrogens (tertiary/aromatic N) is 2. The van der Waals surface area contributed by atoms with Crippen molar-refractivity contribution < 1.29 is 14.6 Å². The van der Waals surface area contributed by atoms with E-state index in [1.807, 2.05) is 36.4 Å². The van der Waals surface area contributed by atoms with Crippen LogP contribution in [0.1, 0.15) is 34.5 Å². The summed E-state index contributed by atoms with van der Waals surface area (Å²) in [5.41, 5.74) is 4.79. The van der Waals surface area contributed by atoms with Crippen LogP contribution in [0, 0.1) is 0 Å². The van der Waals surface area contributed by atoms with E-state index < -0.39 is 11.2 Å². The van der Waals surface area contributed by atoms with Crippen molar-refractivity contribution in [1.29, 1.82) is 0 Å². The molecule has 1 aliphatic heterocycles. The second-order valence-corrected chi connectivity index (χ2v) is 7.46. The molecule has 2 heterocycles. The maximum atomic E-state index is 12.6. The number of ether oxygens (including phenoxy) is 1. The van der Waals surface area contributed by atoms with Gasteiger partial charge in [0.25, 0.3) is 5.91 Å². The van der Waals surface area contributed by atoms with Crippen LogP contribution in [0.4, 0.5) is 0 Å². The third-order valence-corrected chi connectivity index (χ3v) is 5.29. The Hall–Kier alpha value is -3.74. The maximum absolute atomic E-state index is 12.6. The van der Waals surface area contributed by atoms with Gasteiger partial charge in [-0.05, 0) is 30.0 Å². The van der Waals surface area contributed by atoms with Gasteiger partial charge in [0, 0.05) is 25.2 Å². The molecule has 0 fully saturated rings. The number of carbonyl (C=O) groups excluding carboxylic acids is 1. The highest BCUT2D eigenvalue weighted by Crippen LogP contribution is 2.22. The summed E-state index contributed by atoms with van der Waals surface area (Å²) >= 11 is 0. The van der Waals surface area contributed by atoms with Crippen LogP contribution in [0.3, 0.4) is 0 Å². The minimum Gasteiger partial charge on any atom is -0.502 e. The van der Waals surface area contributed by atoms with Crippen molar-refractivity contribution in [3.05, 3.63) is 93.9 Å². The summed E-state index contributed by atoms with van der Waals surface area (Å²) < 4.78 is 7.40. The van der Waals surface area contributed by atoms with Crippen LogP contribution in [0.15, 0.2) is 71.7 Å². The topological polar surface area (TPSA) is 83.8 Å². The van der Waals surface area contributed by atoms with Crippen LogP contribution in [-0.4, -0.2) is 40.4 Å². The zero-order valence-electron chi connectivity index (χ0n) is 17.2. The molecule has 0 unspecified atom stereocenters. The van der Waals surface area contributed by atoms with E-state index in [9.17, 15) is 14.7 Å². The first-order valence-electron chi connectivity index (χ1n) is 10.4. The first-order chi connectivity index (χ1) is 15.1. The van der Waals surface area contributed by atoms with E-state index in [2.05, 4.69) is 23.6 Å². The number of hydrogen-bond acceptors (Lipinski definition) is 5. The lowest BCUT2D eigenvalue weighted by Crippen LogP contribution is -2.46. The van der Waals surface area contributed by atoms with Crippen molar-refractivity contribution in [2.45, 2.75) is 19.3 Å². The number of para-hydroxylation sites is 1. The second kappa shape index (κ2) is 9.38. The Morgan fingerprint density at radius 3 is 2.58 bits per heavy atom. The van der Waals surface area contributed by atoms with Gasteiger partial charge in [-0.1, -0.05) is 48.5 Å². The lowest BCUT2D eigenvalue weighted by Gasteiger charge is -2.31. The van der Waals surface area contributed by atoms with Gasteiger partial charge in [0.2, 0.25) is 5.43 Å². The molecule has 160 valence electrons. The Morgan fingerprint density at radius 1 is 0.968 bits per heavy atom. The summed E-state index contributed by atoms with van der Waals surface area (Å²) in [4.78, 5) is 25.9. The molecule has 1 amide bonds. The van der Waals surface area contributed by atoms with E-state index in [1.165, 1.54) is 22.5 Å². The molecule has 0 saturated heterocycles. The number of benzene rings is 2. The van der Waals surface area contributed by atoms with E-state index in [1.54, 1.807) is 4.90 Å². The van der Waals surface area contributed by atoms with Crippen LogP contribution < -0.4 is 15.6 Å². The van der Waals surface area contributed by atoms with Crippen LogP contribution >= 0.6 is 0 Å². The quantitative estimate of drug-likeness (QED) is 0.549. The predicted molar refractivity (Wildman–Crippen MR) is 118 cm³/mol. The fourth-order valence-electron chi connectivity index (χ4n) is 3.62. The molecule has 0 bridgehead atoms. The Bertz CT molecular complexity index is 1110. The molecule has 3 aromatic rings. The fraction of sp³-hybridized carbons (Fsp3) is 0.250. The maximum Gasteiger partial charge on any atom is 0.277 e. The lowest BCUT2D eigenvalue weighted by molar-refractivity contribution is 0.0717. The van der Waals surface area contributed by atoms with Crippen LogP contribution in [0.2, 0.25) is 0 Å². The standard InChI is InChI=1S/C24H25N3O4/c28-20-12-14-27-22(23(20)29)24(30)26(17-25-27)13-6-7-15-31-21-11-5-4-10-19(21)16-18-8-2-1-3-9-18/h1-5,8-12,14,25,29H,6-7,13,15-17H2. The molecule has 0 radical (unpaired) electrons. The number of pyridine rings is 1. The van der Waals surface area contributed by atoms with Crippen molar-refractivity contribution in [3.8, 4) is 11.5 Å². The molecule has 1 aromatic heterocycles. The second-order valence-electron chi connectivity index (χ2n) is 7.46. The molecule has 4 rings (SSSR count).